The molecular formula is C13H24N4O2. The molecule has 1 aromatic rings. The molecule has 1 heterocycles. The van der Waals surface area contributed by atoms with Crippen LogP contribution in [0.5, 0.6) is 0 Å². The normalized spacial score (nSPS) is 11.0. The quantitative estimate of drug-likeness (QED) is 0.446. The van der Waals surface area contributed by atoms with Gasteiger partial charge in [0.25, 0.3) is 0 Å². The van der Waals surface area contributed by atoms with Crippen molar-refractivity contribution < 1.29 is 4.92 Å². The van der Waals surface area contributed by atoms with Gasteiger partial charge in [0.1, 0.15) is 5.69 Å². The number of hydrogen-bond acceptors (Lipinski definition) is 4. The summed E-state index contributed by atoms with van der Waals surface area (Å²) in [6.45, 7) is 9.51. The number of hydrogen-bond donors (Lipinski definition) is 1. The molecule has 0 atom stereocenters. The van der Waals surface area contributed by atoms with Crippen molar-refractivity contribution in [3.63, 3.8) is 0 Å². The van der Waals surface area contributed by atoms with Gasteiger partial charge in [-0.05, 0) is 32.1 Å². The van der Waals surface area contributed by atoms with Gasteiger partial charge in [0.15, 0.2) is 0 Å². The largest absolute Gasteiger partial charge is 0.365 e. The van der Waals surface area contributed by atoms with Crippen LogP contribution in [0, 0.1) is 23.0 Å². The zero-order chi connectivity index (χ0) is 14.4. The minimum atomic E-state index is -0.348. The average molecular weight is 268 g/mol. The van der Waals surface area contributed by atoms with E-state index in [0.717, 1.165) is 25.8 Å². The first-order chi connectivity index (χ1) is 8.97. The van der Waals surface area contributed by atoms with Crippen LogP contribution in [0.2, 0.25) is 0 Å². The molecule has 6 heteroatoms. The van der Waals surface area contributed by atoms with E-state index in [2.05, 4.69) is 24.3 Å². The van der Waals surface area contributed by atoms with E-state index in [1.54, 1.807) is 11.6 Å². The first-order valence-electron chi connectivity index (χ1n) is 6.93. The maximum Gasteiger partial charge on any atom is 0.333 e. The van der Waals surface area contributed by atoms with Crippen molar-refractivity contribution in [2.45, 2.75) is 53.5 Å². The lowest BCUT2D eigenvalue weighted by Gasteiger charge is -2.09. The van der Waals surface area contributed by atoms with Gasteiger partial charge in [0, 0.05) is 13.1 Å². The van der Waals surface area contributed by atoms with E-state index in [0.29, 0.717) is 24.0 Å². The summed E-state index contributed by atoms with van der Waals surface area (Å²) < 4.78 is 1.71. The molecule has 1 N–H and O–H groups in total. The van der Waals surface area contributed by atoms with Gasteiger partial charge >= 0.3 is 5.69 Å². The zero-order valence-corrected chi connectivity index (χ0v) is 12.3. The number of anilines is 1. The van der Waals surface area contributed by atoms with Crippen molar-refractivity contribution >= 4 is 11.5 Å². The predicted molar refractivity (Wildman–Crippen MR) is 76.5 cm³/mol. The maximum absolute atomic E-state index is 11.1. The average Bonchev–Trinajstić information content (AvgIpc) is 2.61. The van der Waals surface area contributed by atoms with Gasteiger partial charge in [-0.3, -0.25) is 10.1 Å². The van der Waals surface area contributed by atoms with Gasteiger partial charge in [-0.15, -0.1) is 0 Å². The first kappa shape index (κ1) is 15.5. The number of nitrogens with zero attached hydrogens (tertiary/aromatic N) is 3. The summed E-state index contributed by atoms with van der Waals surface area (Å²) in [7, 11) is 0. The van der Waals surface area contributed by atoms with Gasteiger partial charge in [-0.2, -0.15) is 5.10 Å². The Balaban J connectivity index is 2.80. The Kier molecular flexibility index (Phi) is 5.79. The molecule has 0 radical (unpaired) electrons. The molecule has 0 saturated carbocycles. The molecule has 19 heavy (non-hydrogen) atoms. The molecule has 108 valence electrons. The van der Waals surface area contributed by atoms with Crippen molar-refractivity contribution in [2.75, 3.05) is 11.9 Å². The van der Waals surface area contributed by atoms with Crippen LogP contribution in [0.15, 0.2) is 0 Å². The van der Waals surface area contributed by atoms with E-state index in [1.807, 2.05) is 6.92 Å². The van der Waals surface area contributed by atoms with Crippen LogP contribution in [0.1, 0.15) is 45.7 Å². The predicted octanol–water partition coefficient (Wildman–Crippen LogP) is 3.36. The third kappa shape index (κ3) is 4.22. The van der Waals surface area contributed by atoms with Crippen molar-refractivity contribution in [2.24, 2.45) is 5.92 Å². The molecule has 0 aliphatic carbocycles. The molecule has 0 unspecified atom stereocenters. The van der Waals surface area contributed by atoms with E-state index in [1.165, 1.54) is 0 Å². The SMILES string of the molecule is CCCn1nc(C)c([N+](=O)[O-])c1NCCCC(C)C. The minimum Gasteiger partial charge on any atom is -0.365 e. The molecule has 1 rings (SSSR count). The van der Waals surface area contributed by atoms with Crippen LogP contribution in [0.3, 0.4) is 0 Å². The molecule has 0 spiro atoms. The number of aromatic nitrogens is 2. The molecule has 0 aliphatic heterocycles. The topological polar surface area (TPSA) is 73.0 Å². The monoisotopic (exact) mass is 268 g/mol. The Labute approximate surface area is 114 Å². The molecule has 0 aliphatic rings. The van der Waals surface area contributed by atoms with Gasteiger partial charge < -0.3 is 5.32 Å². The van der Waals surface area contributed by atoms with Crippen LogP contribution < -0.4 is 5.32 Å². The lowest BCUT2D eigenvalue weighted by Crippen LogP contribution is -2.11. The van der Waals surface area contributed by atoms with Crippen LogP contribution in [-0.4, -0.2) is 21.2 Å². The lowest BCUT2D eigenvalue weighted by atomic mass is 10.1. The van der Waals surface area contributed by atoms with Gasteiger partial charge in [-0.1, -0.05) is 20.8 Å². The molecule has 0 saturated heterocycles. The second-order valence-corrected chi connectivity index (χ2v) is 5.23. The summed E-state index contributed by atoms with van der Waals surface area (Å²) in [4.78, 5) is 10.8. The van der Waals surface area contributed by atoms with Gasteiger partial charge in [0.2, 0.25) is 5.82 Å². The summed E-state index contributed by atoms with van der Waals surface area (Å²) in [5, 5.41) is 18.5. The lowest BCUT2D eigenvalue weighted by molar-refractivity contribution is -0.384. The fourth-order valence-corrected chi connectivity index (χ4v) is 2.06. The third-order valence-electron chi connectivity index (χ3n) is 2.96. The van der Waals surface area contributed by atoms with E-state index in [4.69, 9.17) is 0 Å². The highest BCUT2D eigenvalue weighted by molar-refractivity contribution is 5.59. The molecule has 0 bridgehead atoms. The standard InChI is InChI=1S/C13H24N4O2/c1-5-9-16-13(14-8-6-7-10(2)3)12(17(18)19)11(4)15-16/h10,14H,5-9H2,1-4H3. The second kappa shape index (κ2) is 7.11. The van der Waals surface area contributed by atoms with E-state index < -0.39 is 0 Å². The fourth-order valence-electron chi connectivity index (χ4n) is 2.06. The molecule has 1 aromatic heterocycles. The highest BCUT2D eigenvalue weighted by Crippen LogP contribution is 2.28. The van der Waals surface area contributed by atoms with Crippen molar-refractivity contribution in [1.29, 1.82) is 0 Å². The van der Waals surface area contributed by atoms with Crippen molar-refractivity contribution in [3.05, 3.63) is 15.8 Å². The summed E-state index contributed by atoms with van der Waals surface area (Å²) in [5.74, 6) is 1.20. The second-order valence-electron chi connectivity index (χ2n) is 5.23. The first-order valence-corrected chi connectivity index (χ1v) is 6.93. The van der Waals surface area contributed by atoms with Crippen molar-refractivity contribution in [1.82, 2.24) is 9.78 Å². The van der Waals surface area contributed by atoms with Crippen LogP contribution in [-0.2, 0) is 6.54 Å². The number of nitrogens with one attached hydrogen (secondary N) is 1. The third-order valence-corrected chi connectivity index (χ3v) is 2.96. The van der Waals surface area contributed by atoms with Crippen LogP contribution in [0.25, 0.3) is 0 Å². The van der Waals surface area contributed by atoms with Crippen molar-refractivity contribution in [3.8, 4) is 0 Å². The van der Waals surface area contributed by atoms with Gasteiger partial charge in [0.05, 0.1) is 4.92 Å². The van der Waals surface area contributed by atoms with E-state index >= 15 is 0 Å². The molecule has 0 aromatic carbocycles. The highest BCUT2D eigenvalue weighted by Gasteiger charge is 2.24. The zero-order valence-electron chi connectivity index (χ0n) is 12.3. The summed E-state index contributed by atoms with van der Waals surface area (Å²) in [5.41, 5.74) is 0.586. The molecule has 0 amide bonds. The van der Waals surface area contributed by atoms with E-state index in [9.17, 15) is 10.1 Å². The Morgan fingerprint density at radius 1 is 1.47 bits per heavy atom. The summed E-state index contributed by atoms with van der Waals surface area (Å²) >= 11 is 0. The van der Waals surface area contributed by atoms with E-state index in [-0.39, 0.29) is 10.6 Å². The number of aryl methyl sites for hydroxylation is 2. The summed E-state index contributed by atoms with van der Waals surface area (Å²) in [6.07, 6.45) is 3.02. The number of nitro groups is 1. The Hall–Kier alpha value is -1.59. The fraction of sp³-hybridized carbons (Fsp3) is 0.769. The minimum absolute atomic E-state index is 0.109. The van der Waals surface area contributed by atoms with Crippen LogP contribution >= 0.6 is 0 Å². The maximum atomic E-state index is 11.1. The van der Waals surface area contributed by atoms with Gasteiger partial charge in [-0.25, -0.2) is 4.68 Å². The smallest absolute Gasteiger partial charge is 0.333 e. The Morgan fingerprint density at radius 2 is 2.16 bits per heavy atom. The highest BCUT2D eigenvalue weighted by atomic mass is 16.6. The van der Waals surface area contributed by atoms with Crippen LogP contribution in [0.4, 0.5) is 11.5 Å². The molecule has 0 fully saturated rings. The molecule has 6 nitrogen and oxygen atoms in total. The Morgan fingerprint density at radius 3 is 2.68 bits per heavy atom. The molecular weight excluding hydrogens is 244 g/mol. The summed E-state index contributed by atoms with van der Waals surface area (Å²) in [6, 6.07) is 0. The number of rotatable bonds is 8. The Bertz CT molecular complexity index is 427.